The van der Waals surface area contributed by atoms with Gasteiger partial charge in [-0.25, -0.2) is 0 Å². The van der Waals surface area contributed by atoms with Gasteiger partial charge >= 0.3 is 0 Å². The fraction of sp³-hybridized carbons (Fsp3) is 0.700. The van der Waals surface area contributed by atoms with E-state index < -0.39 is 0 Å². The van der Waals surface area contributed by atoms with Gasteiger partial charge in [0.2, 0.25) is 0 Å². The maximum Gasteiger partial charge on any atom is 0.0817 e. The molecule has 1 heterocycles. The van der Waals surface area contributed by atoms with E-state index in [-0.39, 0.29) is 6.10 Å². The molecule has 0 aliphatic carbocycles. The van der Waals surface area contributed by atoms with Crippen LogP contribution in [0.15, 0.2) is 6.20 Å². The Hall–Kier alpha value is -0.580. The number of hydrogen-bond donors (Lipinski definition) is 1. The number of aromatic nitrogens is 2. The third kappa shape index (κ3) is 3.81. The van der Waals surface area contributed by atoms with Gasteiger partial charge < -0.3 is 9.84 Å². The van der Waals surface area contributed by atoms with Crippen LogP contribution in [0.1, 0.15) is 19.0 Å². The van der Waals surface area contributed by atoms with E-state index in [0.717, 1.165) is 12.1 Å². The molecule has 0 saturated carbocycles. The highest BCUT2D eigenvalue weighted by Crippen LogP contribution is 2.17. The van der Waals surface area contributed by atoms with Crippen molar-refractivity contribution >= 4 is 11.6 Å². The molecule has 4 nitrogen and oxygen atoms in total. The zero-order valence-electron chi connectivity index (χ0n) is 9.11. The average molecular weight is 233 g/mol. The molecule has 0 bridgehead atoms. The molecule has 1 aromatic rings. The van der Waals surface area contributed by atoms with Gasteiger partial charge in [0.15, 0.2) is 0 Å². The molecule has 0 aliphatic rings. The van der Waals surface area contributed by atoms with Crippen molar-refractivity contribution in [1.82, 2.24) is 9.78 Å². The first-order valence-electron chi connectivity index (χ1n) is 5.02. The number of rotatable bonds is 6. The van der Waals surface area contributed by atoms with Crippen LogP contribution in [0.2, 0.25) is 5.02 Å². The van der Waals surface area contributed by atoms with Crippen LogP contribution in [0.4, 0.5) is 0 Å². The Bertz CT molecular complexity index is 300. The third-order valence-corrected chi connectivity index (χ3v) is 2.52. The molecular formula is C10H17ClN2O2. The van der Waals surface area contributed by atoms with Crippen LogP contribution < -0.4 is 0 Å². The van der Waals surface area contributed by atoms with E-state index in [2.05, 4.69) is 5.10 Å². The smallest absolute Gasteiger partial charge is 0.0817 e. The average Bonchev–Trinajstić information content (AvgIpc) is 2.53. The standard InChI is InChI=1S/C10H17ClN2O2/c1-8(14)3-4-10-9(11)7-12-13(10)5-6-15-2/h7-8,14H,3-6H2,1-2H3. The fourth-order valence-electron chi connectivity index (χ4n) is 1.35. The molecule has 15 heavy (non-hydrogen) atoms. The molecule has 1 unspecified atom stereocenters. The molecule has 0 radical (unpaired) electrons. The van der Waals surface area contributed by atoms with Gasteiger partial charge in [-0.2, -0.15) is 5.10 Å². The van der Waals surface area contributed by atoms with E-state index >= 15 is 0 Å². The van der Waals surface area contributed by atoms with Crippen molar-refractivity contribution in [3.05, 3.63) is 16.9 Å². The Balaban J connectivity index is 2.62. The molecule has 5 heteroatoms. The van der Waals surface area contributed by atoms with Gasteiger partial charge in [0.25, 0.3) is 0 Å². The summed E-state index contributed by atoms with van der Waals surface area (Å²) in [5.74, 6) is 0. The molecule has 0 aliphatic heterocycles. The van der Waals surface area contributed by atoms with Crippen LogP contribution in [-0.4, -0.2) is 34.7 Å². The van der Waals surface area contributed by atoms with Gasteiger partial charge in [-0.3, -0.25) is 4.68 Å². The second kappa shape index (κ2) is 6.10. The molecular weight excluding hydrogens is 216 g/mol. The number of ether oxygens (including phenoxy) is 1. The zero-order valence-corrected chi connectivity index (χ0v) is 9.87. The van der Waals surface area contributed by atoms with Gasteiger partial charge in [0.05, 0.1) is 36.2 Å². The van der Waals surface area contributed by atoms with Crippen LogP contribution in [0, 0.1) is 0 Å². The maximum absolute atomic E-state index is 9.21. The highest BCUT2D eigenvalue weighted by atomic mass is 35.5. The van der Waals surface area contributed by atoms with E-state index in [1.54, 1.807) is 20.2 Å². The van der Waals surface area contributed by atoms with Crippen molar-refractivity contribution in [3.63, 3.8) is 0 Å². The predicted molar refractivity (Wildman–Crippen MR) is 59.1 cm³/mol. The Labute approximate surface area is 94.8 Å². The zero-order chi connectivity index (χ0) is 11.3. The summed E-state index contributed by atoms with van der Waals surface area (Å²) in [4.78, 5) is 0. The molecule has 0 fully saturated rings. The van der Waals surface area contributed by atoms with Crippen LogP contribution in [0.3, 0.4) is 0 Å². The molecule has 0 saturated heterocycles. The second-order valence-corrected chi connectivity index (χ2v) is 3.95. The van der Waals surface area contributed by atoms with E-state index in [0.29, 0.717) is 24.6 Å². The number of aliphatic hydroxyl groups is 1. The number of hydrogen-bond acceptors (Lipinski definition) is 3. The van der Waals surface area contributed by atoms with Crippen molar-refractivity contribution in [3.8, 4) is 0 Å². The monoisotopic (exact) mass is 232 g/mol. The second-order valence-electron chi connectivity index (χ2n) is 3.54. The molecule has 1 atom stereocenters. The van der Waals surface area contributed by atoms with Crippen molar-refractivity contribution in [2.75, 3.05) is 13.7 Å². The molecule has 1 aromatic heterocycles. The maximum atomic E-state index is 9.21. The first kappa shape index (κ1) is 12.5. The van der Waals surface area contributed by atoms with Crippen LogP contribution in [-0.2, 0) is 17.7 Å². The minimum Gasteiger partial charge on any atom is -0.393 e. The first-order chi connectivity index (χ1) is 7.15. The van der Waals surface area contributed by atoms with E-state index in [9.17, 15) is 5.11 Å². The minimum atomic E-state index is -0.313. The van der Waals surface area contributed by atoms with E-state index in [4.69, 9.17) is 16.3 Å². The van der Waals surface area contributed by atoms with Crippen LogP contribution in [0.5, 0.6) is 0 Å². The number of aliphatic hydroxyl groups excluding tert-OH is 1. The van der Waals surface area contributed by atoms with Crippen LogP contribution >= 0.6 is 11.6 Å². The molecule has 86 valence electrons. The summed E-state index contributed by atoms with van der Waals surface area (Å²) in [7, 11) is 1.65. The number of methoxy groups -OCH3 is 1. The Morgan fingerprint density at radius 2 is 2.40 bits per heavy atom. The lowest BCUT2D eigenvalue weighted by Crippen LogP contribution is -2.11. The highest BCUT2D eigenvalue weighted by molar-refractivity contribution is 6.31. The van der Waals surface area contributed by atoms with Crippen LogP contribution in [0.25, 0.3) is 0 Å². The van der Waals surface area contributed by atoms with E-state index in [1.165, 1.54) is 0 Å². The lowest BCUT2D eigenvalue weighted by Gasteiger charge is -2.08. The Morgan fingerprint density at radius 1 is 1.67 bits per heavy atom. The van der Waals surface area contributed by atoms with Gasteiger partial charge in [0.1, 0.15) is 0 Å². The third-order valence-electron chi connectivity index (χ3n) is 2.20. The van der Waals surface area contributed by atoms with Gasteiger partial charge in [-0.1, -0.05) is 11.6 Å². The lowest BCUT2D eigenvalue weighted by molar-refractivity contribution is 0.177. The summed E-state index contributed by atoms with van der Waals surface area (Å²) in [6.45, 7) is 3.07. The SMILES string of the molecule is COCCn1ncc(Cl)c1CCC(C)O. The Morgan fingerprint density at radius 3 is 3.00 bits per heavy atom. The number of halogens is 1. The fourth-order valence-corrected chi connectivity index (χ4v) is 1.59. The molecule has 0 spiro atoms. The largest absolute Gasteiger partial charge is 0.393 e. The summed E-state index contributed by atoms with van der Waals surface area (Å²) >= 11 is 6.00. The first-order valence-corrected chi connectivity index (χ1v) is 5.40. The molecule has 1 rings (SSSR count). The molecule has 0 aromatic carbocycles. The van der Waals surface area contributed by atoms with Gasteiger partial charge in [0, 0.05) is 7.11 Å². The number of nitrogens with zero attached hydrogens (tertiary/aromatic N) is 2. The minimum absolute atomic E-state index is 0.313. The van der Waals surface area contributed by atoms with Gasteiger partial charge in [-0.05, 0) is 19.8 Å². The van der Waals surface area contributed by atoms with E-state index in [1.807, 2.05) is 4.68 Å². The normalized spacial score (nSPS) is 13.1. The summed E-state index contributed by atoms with van der Waals surface area (Å²) in [6, 6.07) is 0. The summed E-state index contributed by atoms with van der Waals surface area (Å²) in [5, 5.41) is 14.0. The van der Waals surface area contributed by atoms with Crippen molar-refractivity contribution in [1.29, 1.82) is 0 Å². The molecule has 1 N–H and O–H groups in total. The summed E-state index contributed by atoms with van der Waals surface area (Å²) in [6.07, 6.45) is 2.75. The molecule has 0 amide bonds. The summed E-state index contributed by atoms with van der Waals surface area (Å²) in [5.41, 5.74) is 0.967. The topological polar surface area (TPSA) is 47.3 Å². The highest BCUT2D eigenvalue weighted by Gasteiger charge is 2.09. The predicted octanol–water partition coefficient (Wildman–Crippen LogP) is 1.50. The quantitative estimate of drug-likeness (QED) is 0.809. The van der Waals surface area contributed by atoms with Crippen molar-refractivity contribution in [2.24, 2.45) is 0 Å². The van der Waals surface area contributed by atoms with Gasteiger partial charge in [-0.15, -0.1) is 0 Å². The summed E-state index contributed by atoms with van der Waals surface area (Å²) < 4.78 is 6.81. The lowest BCUT2D eigenvalue weighted by atomic mass is 10.2. The van der Waals surface area contributed by atoms with Crippen molar-refractivity contribution in [2.45, 2.75) is 32.4 Å². The Kier molecular flexibility index (Phi) is 5.08. The van der Waals surface area contributed by atoms with Crippen molar-refractivity contribution < 1.29 is 9.84 Å².